The molecule has 1 fully saturated rings. The number of hydrogen-bond acceptors (Lipinski definition) is 6. The van der Waals surface area contributed by atoms with Crippen LogP contribution in [0.25, 0.3) is 10.9 Å². The molecule has 208 valence electrons. The largest absolute Gasteiger partial charge is 0.493 e. The lowest BCUT2D eigenvalue weighted by molar-refractivity contribution is -0.122. The van der Waals surface area contributed by atoms with Crippen molar-refractivity contribution in [1.82, 2.24) is 19.8 Å². The topological polar surface area (TPSA) is 121 Å². The van der Waals surface area contributed by atoms with E-state index in [2.05, 4.69) is 10.6 Å². The number of benzene rings is 2. The van der Waals surface area contributed by atoms with Crippen molar-refractivity contribution in [2.45, 2.75) is 71.1 Å². The maximum Gasteiger partial charge on any atom is 0.332 e. The molecule has 0 bridgehead atoms. The van der Waals surface area contributed by atoms with Crippen molar-refractivity contribution in [2.75, 3.05) is 14.2 Å². The molecule has 10 nitrogen and oxygen atoms in total. The Kier molecular flexibility index (Phi) is 8.73. The minimum absolute atomic E-state index is 0.00208. The Hall–Kier alpha value is -4.08. The van der Waals surface area contributed by atoms with Gasteiger partial charge in [0.05, 0.1) is 31.7 Å². The predicted molar refractivity (Wildman–Crippen MR) is 149 cm³/mol. The molecular formula is C29H36N4O6. The zero-order chi connectivity index (χ0) is 28.1. The summed E-state index contributed by atoms with van der Waals surface area (Å²) in [6, 6.07) is 9.89. The van der Waals surface area contributed by atoms with E-state index in [9.17, 15) is 19.2 Å². The van der Waals surface area contributed by atoms with Gasteiger partial charge < -0.3 is 20.1 Å². The Morgan fingerprint density at radius 2 is 1.59 bits per heavy atom. The molecular weight excluding hydrogens is 500 g/mol. The number of amides is 2. The second-order valence-corrected chi connectivity index (χ2v) is 10.2. The van der Waals surface area contributed by atoms with Crippen LogP contribution < -0.4 is 31.4 Å². The molecule has 1 saturated carbocycles. The second-order valence-electron chi connectivity index (χ2n) is 10.2. The maximum atomic E-state index is 13.7. The van der Waals surface area contributed by atoms with Crippen molar-refractivity contribution in [3.63, 3.8) is 0 Å². The van der Waals surface area contributed by atoms with Crippen LogP contribution in [0, 0.1) is 0 Å². The van der Waals surface area contributed by atoms with Crippen LogP contribution in [0.15, 0.2) is 46.0 Å². The number of methoxy groups -OCH3 is 2. The van der Waals surface area contributed by atoms with Gasteiger partial charge >= 0.3 is 5.69 Å². The van der Waals surface area contributed by atoms with E-state index < -0.39 is 11.2 Å². The number of carbonyl (C=O) groups excluding carboxylic acids is 2. The van der Waals surface area contributed by atoms with Gasteiger partial charge in [0, 0.05) is 23.7 Å². The molecule has 0 saturated heterocycles. The summed E-state index contributed by atoms with van der Waals surface area (Å²) in [6.45, 7) is 3.49. The molecule has 0 radical (unpaired) electrons. The number of carbonyl (C=O) groups is 2. The Morgan fingerprint density at radius 3 is 2.21 bits per heavy atom. The number of nitrogens with one attached hydrogen (secondary N) is 2. The molecule has 3 aromatic rings. The molecule has 2 amide bonds. The van der Waals surface area contributed by atoms with Crippen molar-refractivity contribution >= 4 is 22.7 Å². The Labute approximate surface area is 226 Å². The number of hydrogen-bond donors (Lipinski definition) is 2. The first-order valence-electron chi connectivity index (χ1n) is 13.3. The molecule has 1 aromatic heterocycles. The number of ether oxygens (including phenoxy) is 2. The van der Waals surface area contributed by atoms with E-state index in [4.69, 9.17) is 9.47 Å². The van der Waals surface area contributed by atoms with Crippen LogP contribution in [0.5, 0.6) is 11.5 Å². The minimum atomic E-state index is -0.611. The monoisotopic (exact) mass is 536 g/mol. The maximum absolute atomic E-state index is 13.7. The van der Waals surface area contributed by atoms with Crippen molar-refractivity contribution in [3.05, 3.63) is 68.4 Å². The third-order valence-corrected chi connectivity index (χ3v) is 6.98. The predicted octanol–water partition coefficient (Wildman–Crippen LogP) is 2.82. The quantitative estimate of drug-likeness (QED) is 0.434. The number of aromatic nitrogens is 2. The molecule has 0 spiro atoms. The van der Waals surface area contributed by atoms with Gasteiger partial charge in [0.2, 0.25) is 5.91 Å². The average molecular weight is 537 g/mol. The van der Waals surface area contributed by atoms with Crippen LogP contribution in [-0.2, 0) is 17.9 Å². The zero-order valence-corrected chi connectivity index (χ0v) is 22.9. The fourth-order valence-electron chi connectivity index (χ4n) is 4.99. The molecule has 39 heavy (non-hydrogen) atoms. The highest BCUT2D eigenvalue weighted by Crippen LogP contribution is 2.30. The van der Waals surface area contributed by atoms with Gasteiger partial charge in [-0.2, -0.15) is 0 Å². The van der Waals surface area contributed by atoms with Crippen LogP contribution in [-0.4, -0.2) is 47.3 Å². The highest BCUT2D eigenvalue weighted by molar-refractivity contribution is 5.94. The van der Waals surface area contributed by atoms with E-state index >= 15 is 0 Å². The third-order valence-electron chi connectivity index (χ3n) is 6.98. The van der Waals surface area contributed by atoms with E-state index in [0.717, 1.165) is 36.7 Å². The molecule has 0 aliphatic heterocycles. The summed E-state index contributed by atoms with van der Waals surface area (Å²) >= 11 is 0. The lowest BCUT2D eigenvalue weighted by Crippen LogP contribution is -2.44. The zero-order valence-electron chi connectivity index (χ0n) is 22.9. The van der Waals surface area contributed by atoms with Gasteiger partial charge in [-0.25, -0.2) is 4.79 Å². The first-order valence-corrected chi connectivity index (χ1v) is 13.3. The highest BCUT2D eigenvalue weighted by Gasteiger charge is 2.21. The summed E-state index contributed by atoms with van der Waals surface area (Å²) in [5.74, 6) is 0.196. The van der Waals surface area contributed by atoms with Crippen LogP contribution in [0.3, 0.4) is 0 Å². The smallest absolute Gasteiger partial charge is 0.332 e. The van der Waals surface area contributed by atoms with Gasteiger partial charge in [-0.05, 0) is 50.5 Å². The summed E-state index contributed by atoms with van der Waals surface area (Å²) in [6.07, 6.45) is 5.11. The van der Waals surface area contributed by atoms with Crippen molar-refractivity contribution in [1.29, 1.82) is 0 Å². The van der Waals surface area contributed by atoms with Crippen molar-refractivity contribution < 1.29 is 19.1 Å². The Morgan fingerprint density at radius 1 is 0.949 bits per heavy atom. The molecule has 1 aliphatic carbocycles. The molecule has 4 rings (SSSR count). The molecule has 0 unspecified atom stereocenters. The van der Waals surface area contributed by atoms with E-state index in [1.807, 2.05) is 13.8 Å². The van der Waals surface area contributed by atoms with E-state index in [0.29, 0.717) is 28.1 Å². The fourth-order valence-corrected chi connectivity index (χ4v) is 4.99. The van der Waals surface area contributed by atoms with Crippen molar-refractivity contribution in [3.8, 4) is 11.5 Å². The van der Waals surface area contributed by atoms with Gasteiger partial charge in [0.15, 0.2) is 11.5 Å². The summed E-state index contributed by atoms with van der Waals surface area (Å²) in [5.41, 5.74) is 0.306. The molecule has 1 aliphatic rings. The fraction of sp³-hybridized carbons (Fsp3) is 0.448. The normalized spacial score (nSPS) is 13.9. The van der Waals surface area contributed by atoms with Crippen LogP contribution >= 0.6 is 0 Å². The van der Waals surface area contributed by atoms with Gasteiger partial charge in [0.1, 0.15) is 6.54 Å². The van der Waals surface area contributed by atoms with E-state index in [1.54, 1.807) is 30.3 Å². The van der Waals surface area contributed by atoms with E-state index in [-0.39, 0.29) is 42.4 Å². The highest BCUT2D eigenvalue weighted by atomic mass is 16.5. The first kappa shape index (κ1) is 27.9. The third kappa shape index (κ3) is 6.32. The lowest BCUT2D eigenvalue weighted by Gasteiger charge is -2.23. The molecule has 1 heterocycles. The Bertz CT molecular complexity index is 1470. The summed E-state index contributed by atoms with van der Waals surface area (Å²) in [7, 11) is 2.93. The molecule has 2 N–H and O–H groups in total. The second kappa shape index (κ2) is 12.2. The summed E-state index contributed by atoms with van der Waals surface area (Å²) < 4.78 is 13.2. The summed E-state index contributed by atoms with van der Waals surface area (Å²) in [4.78, 5) is 52.6. The van der Waals surface area contributed by atoms with Crippen molar-refractivity contribution in [2.24, 2.45) is 0 Å². The SMILES string of the molecule is COc1cc2c(=O)n(Cc3ccc(C(=O)NC(C)C)cc3)c(=O)n(CC(=O)NC3CCCCC3)c2cc1OC. The van der Waals surface area contributed by atoms with Gasteiger partial charge in [0.25, 0.3) is 11.5 Å². The lowest BCUT2D eigenvalue weighted by atomic mass is 9.95. The molecule has 0 atom stereocenters. The van der Waals surface area contributed by atoms with Crippen LogP contribution in [0.1, 0.15) is 61.9 Å². The number of nitrogens with zero attached hydrogens (tertiary/aromatic N) is 2. The average Bonchev–Trinajstić information content (AvgIpc) is 2.93. The van der Waals surface area contributed by atoms with Crippen LogP contribution in [0.4, 0.5) is 0 Å². The van der Waals surface area contributed by atoms with Gasteiger partial charge in [-0.3, -0.25) is 23.5 Å². The number of rotatable bonds is 9. The van der Waals surface area contributed by atoms with Gasteiger partial charge in [-0.15, -0.1) is 0 Å². The van der Waals surface area contributed by atoms with Gasteiger partial charge in [-0.1, -0.05) is 31.4 Å². The summed E-state index contributed by atoms with van der Waals surface area (Å²) in [5, 5.41) is 6.11. The standard InChI is InChI=1S/C29H36N4O6/c1-18(2)30-27(35)20-12-10-19(11-13-20)16-33-28(36)22-14-24(38-3)25(39-4)15-23(22)32(29(33)37)17-26(34)31-21-8-6-5-7-9-21/h10-15,18,21H,5-9,16-17H2,1-4H3,(H,30,35)(H,31,34). The first-order chi connectivity index (χ1) is 18.7. The minimum Gasteiger partial charge on any atom is -0.493 e. The molecule has 10 heteroatoms. The Balaban J connectivity index is 1.74. The molecule has 2 aromatic carbocycles. The van der Waals surface area contributed by atoms with E-state index in [1.165, 1.54) is 24.9 Å². The number of fused-ring (bicyclic) bond motifs is 1. The van der Waals surface area contributed by atoms with Crippen LogP contribution in [0.2, 0.25) is 0 Å².